The summed E-state index contributed by atoms with van der Waals surface area (Å²) in [6.45, 7) is 3.10. The van der Waals surface area contributed by atoms with Crippen molar-refractivity contribution in [2.24, 2.45) is 0 Å². The van der Waals surface area contributed by atoms with E-state index in [2.05, 4.69) is 10.3 Å². The number of rotatable bonds is 2. The molecule has 1 atom stereocenters. The van der Waals surface area contributed by atoms with Gasteiger partial charge in [-0.15, -0.1) is 0 Å². The average molecular weight is 182 g/mol. The van der Waals surface area contributed by atoms with Crippen molar-refractivity contribution in [1.82, 2.24) is 10.3 Å². The number of amides is 1. The fourth-order valence-corrected chi connectivity index (χ4v) is 1.10. The molecule has 0 aromatic carbocycles. The summed E-state index contributed by atoms with van der Waals surface area (Å²) in [5.74, 6) is -0.723. The first-order valence-corrected chi connectivity index (χ1v) is 3.98. The van der Waals surface area contributed by atoms with Crippen LogP contribution in [0, 0.1) is 5.95 Å². The lowest BCUT2D eigenvalue weighted by Crippen LogP contribution is -2.24. The van der Waals surface area contributed by atoms with E-state index in [1.165, 1.54) is 13.1 Å². The Kier molecular flexibility index (Phi) is 2.95. The van der Waals surface area contributed by atoms with Gasteiger partial charge in [0.25, 0.3) is 0 Å². The van der Waals surface area contributed by atoms with Gasteiger partial charge in [0.1, 0.15) is 0 Å². The second-order valence-corrected chi connectivity index (χ2v) is 2.81. The summed E-state index contributed by atoms with van der Waals surface area (Å²) in [6, 6.07) is 2.89. The lowest BCUT2D eigenvalue weighted by molar-refractivity contribution is -0.119. The quantitative estimate of drug-likeness (QED) is 0.703. The first-order valence-electron chi connectivity index (χ1n) is 3.98. The zero-order valence-corrected chi connectivity index (χ0v) is 7.54. The summed E-state index contributed by atoms with van der Waals surface area (Å²) in [6.07, 6.45) is 1.37. The van der Waals surface area contributed by atoms with Crippen LogP contribution in [0.15, 0.2) is 18.3 Å². The van der Waals surface area contributed by atoms with Crippen LogP contribution < -0.4 is 5.32 Å². The van der Waals surface area contributed by atoms with Gasteiger partial charge in [-0.1, -0.05) is 6.07 Å². The molecule has 0 unspecified atom stereocenters. The molecule has 1 amide bonds. The molecule has 1 N–H and O–H groups in total. The van der Waals surface area contributed by atoms with Gasteiger partial charge in [-0.3, -0.25) is 4.79 Å². The number of pyridine rings is 1. The Morgan fingerprint density at radius 3 is 2.92 bits per heavy atom. The van der Waals surface area contributed by atoms with E-state index in [1.54, 1.807) is 19.1 Å². The molecular formula is C9H11FN2O. The molecule has 1 aromatic rings. The van der Waals surface area contributed by atoms with Crippen molar-refractivity contribution in [3.8, 4) is 0 Å². The third-order valence-corrected chi connectivity index (χ3v) is 1.67. The summed E-state index contributed by atoms with van der Waals surface area (Å²) in [5, 5.41) is 2.58. The van der Waals surface area contributed by atoms with Crippen molar-refractivity contribution < 1.29 is 9.18 Å². The molecule has 0 aliphatic rings. The molecule has 0 bridgehead atoms. The van der Waals surface area contributed by atoms with Gasteiger partial charge in [0.2, 0.25) is 11.9 Å². The van der Waals surface area contributed by atoms with Crippen LogP contribution in [0.1, 0.15) is 25.5 Å². The SMILES string of the molecule is CC(=O)N[C@@H](C)c1cccnc1F. The second kappa shape index (κ2) is 3.98. The molecule has 0 fully saturated rings. The normalized spacial score (nSPS) is 12.2. The zero-order valence-electron chi connectivity index (χ0n) is 7.54. The van der Waals surface area contributed by atoms with Crippen molar-refractivity contribution in [2.75, 3.05) is 0 Å². The minimum absolute atomic E-state index is 0.184. The van der Waals surface area contributed by atoms with E-state index in [-0.39, 0.29) is 11.9 Å². The molecule has 0 spiro atoms. The lowest BCUT2D eigenvalue weighted by Gasteiger charge is -2.12. The highest BCUT2D eigenvalue weighted by molar-refractivity contribution is 5.73. The Bertz CT molecular complexity index is 314. The van der Waals surface area contributed by atoms with E-state index >= 15 is 0 Å². The molecule has 1 aromatic heterocycles. The average Bonchev–Trinajstić information content (AvgIpc) is 2.03. The standard InChI is InChI=1S/C9H11FN2O/c1-6(12-7(2)13)8-4-3-5-11-9(8)10/h3-6H,1-2H3,(H,12,13)/t6-/m0/s1. The highest BCUT2D eigenvalue weighted by atomic mass is 19.1. The largest absolute Gasteiger partial charge is 0.350 e. The van der Waals surface area contributed by atoms with Gasteiger partial charge < -0.3 is 5.32 Å². The molecule has 0 aliphatic heterocycles. The third-order valence-electron chi connectivity index (χ3n) is 1.67. The Labute approximate surface area is 76.0 Å². The van der Waals surface area contributed by atoms with Crippen molar-refractivity contribution in [3.05, 3.63) is 29.8 Å². The highest BCUT2D eigenvalue weighted by Gasteiger charge is 2.11. The van der Waals surface area contributed by atoms with Crippen molar-refractivity contribution in [3.63, 3.8) is 0 Å². The van der Waals surface area contributed by atoms with E-state index in [0.717, 1.165) is 0 Å². The lowest BCUT2D eigenvalue weighted by atomic mass is 10.1. The minimum atomic E-state index is -0.538. The van der Waals surface area contributed by atoms with Gasteiger partial charge in [0, 0.05) is 18.7 Å². The van der Waals surface area contributed by atoms with Crippen LogP contribution in [0.5, 0.6) is 0 Å². The maximum atomic E-state index is 13.0. The molecule has 70 valence electrons. The predicted octanol–water partition coefficient (Wildman–Crippen LogP) is 1.42. The molecule has 13 heavy (non-hydrogen) atoms. The first-order chi connectivity index (χ1) is 6.11. The Morgan fingerprint density at radius 1 is 1.69 bits per heavy atom. The van der Waals surface area contributed by atoms with Crippen LogP contribution in [0.4, 0.5) is 4.39 Å². The molecule has 0 saturated carbocycles. The first kappa shape index (κ1) is 9.64. The number of nitrogens with one attached hydrogen (secondary N) is 1. The van der Waals surface area contributed by atoms with Crippen LogP contribution in [0.2, 0.25) is 0 Å². The van der Waals surface area contributed by atoms with Gasteiger partial charge >= 0.3 is 0 Å². The van der Waals surface area contributed by atoms with E-state index in [1.807, 2.05) is 0 Å². The summed E-state index contributed by atoms with van der Waals surface area (Å²) >= 11 is 0. The molecule has 0 aliphatic carbocycles. The van der Waals surface area contributed by atoms with Gasteiger partial charge in [0.15, 0.2) is 0 Å². The van der Waals surface area contributed by atoms with Crippen LogP contribution >= 0.6 is 0 Å². The van der Waals surface area contributed by atoms with Crippen LogP contribution in [0.25, 0.3) is 0 Å². The van der Waals surface area contributed by atoms with Crippen LogP contribution in [0.3, 0.4) is 0 Å². The zero-order chi connectivity index (χ0) is 9.84. The van der Waals surface area contributed by atoms with Gasteiger partial charge in [-0.25, -0.2) is 4.98 Å². The highest BCUT2D eigenvalue weighted by Crippen LogP contribution is 2.13. The maximum Gasteiger partial charge on any atom is 0.218 e. The summed E-state index contributed by atoms with van der Waals surface area (Å²) in [5.41, 5.74) is 0.401. The van der Waals surface area contributed by atoms with E-state index in [9.17, 15) is 9.18 Å². The third kappa shape index (κ3) is 2.50. The van der Waals surface area contributed by atoms with Crippen molar-refractivity contribution >= 4 is 5.91 Å². The molecule has 1 heterocycles. The Balaban J connectivity index is 2.82. The maximum absolute atomic E-state index is 13.0. The minimum Gasteiger partial charge on any atom is -0.350 e. The van der Waals surface area contributed by atoms with E-state index < -0.39 is 5.95 Å². The van der Waals surface area contributed by atoms with Crippen molar-refractivity contribution in [1.29, 1.82) is 0 Å². The van der Waals surface area contributed by atoms with Crippen LogP contribution in [-0.2, 0) is 4.79 Å². The van der Waals surface area contributed by atoms with Gasteiger partial charge in [-0.05, 0) is 13.0 Å². The Hall–Kier alpha value is -1.45. The number of nitrogens with zero attached hydrogens (tertiary/aromatic N) is 1. The molecule has 1 rings (SSSR count). The molecule has 0 radical (unpaired) electrons. The number of carbonyl (C=O) groups is 1. The van der Waals surface area contributed by atoms with E-state index in [0.29, 0.717) is 5.56 Å². The number of aromatic nitrogens is 1. The predicted molar refractivity (Wildman–Crippen MR) is 46.4 cm³/mol. The van der Waals surface area contributed by atoms with Gasteiger partial charge in [-0.2, -0.15) is 4.39 Å². The monoisotopic (exact) mass is 182 g/mol. The summed E-state index contributed by atoms with van der Waals surface area (Å²) in [4.78, 5) is 14.2. The number of hydrogen-bond acceptors (Lipinski definition) is 2. The summed E-state index contributed by atoms with van der Waals surface area (Å²) < 4.78 is 13.0. The fourth-order valence-electron chi connectivity index (χ4n) is 1.10. The molecule has 0 saturated heterocycles. The van der Waals surface area contributed by atoms with Crippen molar-refractivity contribution in [2.45, 2.75) is 19.9 Å². The smallest absolute Gasteiger partial charge is 0.218 e. The number of halogens is 1. The van der Waals surface area contributed by atoms with Crippen LogP contribution in [-0.4, -0.2) is 10.9 Å². The van der Waals surface area contributed by atoms with Gasteiger partial charge in [0.05, 0.1) is 6.04 Å². The number of carbonyl (C=O) groups excluding carboxylic acids is 1. The number of hydrogen-bond donors (Lipinski definition) is 1. The molecule has 3 nitrogen and oxygen atoms in total. The fraction of sp³-hybridized carbons (Fsp3) is 0.333. The van der Waals surface area contributed by atoms with E-state index in [4.69, 9.17) is 0 Å². The Morgan fingerprint density at radius 2 is 2.38 bits per heavy atom. The summed E-state index contributed by atoms with van der Waals surface area (Å²) in [7, 11) is 0. The second-order valence-electron chi connectivity index (χ2n) is 2.81. The molecule has 4 heteroatoms. The molecular weight excluding hydrogens is 171 g/mol. The topological polar surface area (TPSA) is 42.0 Å².